The number of hydrogen-bond donors (Lipinski definition) is 1. The highest BCUT2D eigenvalue weighted by Crippen LogP contribution is 2.18. The molecule has 0 saturated heterocycles. The van der Waals surface area contributed by atoms with Crippen molar-refractivity contribution < 1.29 is 9.47 Å². The van der Waals surface area contributed by atoms with Crippen LogP contribution in [-0.2, 0) is 4.74 Å². The van der Waals surface area contributed by atoms with E-state index < -0.39 is 0 Å². The lowest BCUT2D eigenvalue weighted by molar-refractivity contribution is 0.0925. The zero-order chi connectivity index (χ0) is 14.1. The first-order valence-corrected chi connectivity index (χ1v) is 7.11. The van der Waals surface area contributed by atoms with Gasteiger partial charge in [0.2, 0.25) is 0 Å². The molecule has 108 valence electrons. The van der Waals surface area contributed by atoms with E-state index >= 15 is 0 Å². The molecule has 1 aromatic carbocycles. The van der Waals surface area contributed by atoms with Crippen LogP contribution in [-0.4, -0.2) is 26.9 Å². The molecule has 0 heterocycles. The predicted molar refractivity (Wildman–Crippen MR) is 79.7 cm³/mol. The molecular weight excluding hydrogens is 238 g/mol. The fourth-order valence-corrected chi connectivity index (χ4v) is 1.68. The molecule has 0 fully saturated rings. The molecule has 3 nitrogen and oxygen atoms in total. The minimum absolute atomic E-state index is 0.339. The molecule has 0 aromatic heterocycles. The van der Waals surface area contributed by atoms with Gasteiger partial charge in [-0.05, 0) is 44.0 Å². The Hall–Kier alpha value is -1.06. The van der Waals surface area contributed by atoms with Gasteiger partial charge >= 0.3 is 0 Å². The summed E-state index contributed by atoms with van der Waals surface area (Å²) in [5, 5.41) is 3.22. The lowest BCUT2D eigenvalue weighted by Crippen LogP contribution is -2.12. The quantitative estimate of drug-likeness (QED) is 0.694. The second-order valence-electron chi connectivity index (χ2n) is 5.23. The standard InChI is InChI=1S/C16H27NO2/c1-13(2)8-9-18-10-11-19-16-7-5-6-15(12-16)14(3)17-4/h5-7,12-14,17H,8-11H2,1-4H3. The number of rotatable bonds is 9. The van der Waals surface area contributed by atoms with E-state index in [1.54, 1.807) is 0 Å². The van der Waals surface area contributed by atoms with Crippen LogP contribution in [0.15, 0.2) is 24.3 Å². The van der Waals surface area contributed by atoms with Gasteiger partial charge in [-0.2, -0.15) is 0 Å². The average molecular weight is 265 g/mol. The Morgan fingerprint density at radius 2 is 1.89 bits per heavy atom. The van der Waals surface area contributed by atoms with Gasteiger partial charge in [-0.15, -0.1) is 0 Å². The molecule has 1 N–H and O–H groups in total. The molecule has 0 bridgehead atoms. The first kappa shape index (κ1) is 16.0. The third kappa shape index (κ3) is 6.60. The minimum atomic E-state index is 0.339. The largest absolute Gasteiger partial charge is 0.491 e. The SMILES string of the molecule is CNC(C)c1cccc(OCCOCCC(C)C)c1. The molecule has 0 aliphatic carbocycles. The molecule has 1 aromatic rings. The summed E-state index contributed by atoms with van der Waals surface area (Å²) in [7, 11) is 1.96. The van der Waals surface area contributed by atoms with E-state index in [9.17, 15) is 0 Å². The highest BCUT2D eigenvalue weighted by molar-refractivity contribution is 5.30. The normalized spacial score (nSPS) is 12.7. The van der Waals surface area contributed by atoms with Crippen LogP contribution in [0.2, 0.25) is 0 Å². The lowest BCUT2D eigenvalue weighted by atomic mass is 10.1. The maximum Gasteiger partial charge on any atom is 0.119 e. The number of benzene rings is 1. The highest BCUT2D eigenvalue weighted by Gasteiger charge is 2.03. The predicted octanol–water partition coefficient (Wildman–Crippen LogP) is 3.41. The first-order chi connectivity index (χ1) is 9.13. The van der Waals surface area contributed by atoms with Crippen LogP contribution in [0.1, 0.15) is 38.8 Å². The van der Waals surface area contributed by atoms with Crippen LogP contribution < -0.4 is 10.1 Å². The monoisotopic (exact) mass is 265 g/mol. The van der Waals surface area contributed by atoms with E-state index in [2.05, 4.69) is 38.2 Å². The van der Waals surface area contributed by atoms with Crippen molar-refractivity contribution in [1.82, 2.24) is 5.32 Å². The molecule has 0 amide bonds. The summed E-state index contributed by atoms with van der Waals surface area (Å²) in [5.41, 5.74) is 1.24. The summed E-state index contributed by atoms with van der Waals surface area (Å²) in [6.45, 7) is 8.61. The number of nitrogens with one attached hydrogen (secondary N) is 1. The molecule has 1 atom stereocenters. The van der Waals surface area contributed by atoms with Crippen LogP contribution in [0.3, 0.4) is 0 Å². The van der Waals surface area contributed by atoms with E-state index in [1.165, 1.54) is 5.56 Å². The van der Waals surface area contributed by atoms with Crippen molar-refractivity contribution >= 4 is 0 Å². The Balaban J connectivity index is 2.26. The van der Waals surface area contributed by atoms with E-state index in [0.29, 0.717) is 25.2 Å². The van der Waals surface area contributed by atoms with Crippen molar-refractivity contribution in [2.24, 2.45) is 5.92 Å². The zero-order valence-corrected chi connectivity index (χ0v) is 12.6. The molecule has 19 heavy (non-hydrogen) atoms. The molecule has 0 spiro atoms. The van der Waals surface area contributed by atoms with Crippen molar-refractivity contribution in [2.75, 3.05) is 26.9 Å². The Morgan fingerprint density at radius 1 is 1.11 bits per heavy atom. The van der Waals surface area contributed by atoms with Crippen molar-refractivity contribution in [3.05, 3.63) is 29.8 Å². The van der Waals surface area contributed by atoms with Gasteiger partial charge in [-0.1, -0.05) is 26.0 Å². The number of ether oxygens (including phenoxy) is 2. The third-order valence-corrected chi connectivity index (χ3v) is 3.13. The number of hydrogen-bond acceptors (Lipinski definition) is 3. The van der Waals surface area contributed by atoms with Gasteiger partial charge < -0.3 is 14.8 Å². The fraction of sp³-hybridized carbons (Fsp3) is 0.625. The Morgan fingerprint density at radius 3 is 2.58 bits per heavy atom. The van der Waals surface area contributed by atoms with Crippen molar-refractivity contribution in [1.29, 1.82) is 0 Å². The van der Waals surface area contributed by atoms with Gasteiger partial charge in [0.05, 0.1) is 6.61 Å². The molecule has 0 aliphatic rings. The average Bonchev–Trinajstić information content (AvgIpc) is 2.41. The first-order valence-electron chi connectivity index (χ1n) is 7.11. The molecule has 0 saturated carbocycles. The van der Waals surface area contributed by atoms with E-state index in [1.807, 2.05) is 19.2 Å². The summed E-state index contributed by atoms with van der Waals surface area (Å²) in [5.74, 6) is 1.60. The molecule has 1 unspecified atom stereocenters. The fourth-order valence-electron chi connectivity index (χ4n) is 1.68. The van der Waals surface area contributed by atoms with Gasteiger partial charge in [-0.25, -0.2) is 0 Å². The molecule has 0 radical (unpaired) electrons. The van der Waals surface area contributed by atoms with Crippen LogP contribution in [0.5, 0.6) is 5.75 Å². The van der Waals surface area contributed by atoms with Gasteiger partial charge in [-0.3, -0.25) is 0 Å². The maximum atomic E-state index is 5.70. The van der Waals surface area contributed by atoms with Crippen LogP contribution in [0, 0.1) is 5.92 Å². The smallest absolute Gasteiger partial charge is 0.119 e. The van der Waals surface area contributed by atoms with E-state index in [-0.39, 0.29) is 0 Å². The van der Waals surface area contributed by atoms with E-state index in [0.717, 1.165) is 18.8 Å². The van der Waals surface area contributed by atoms with Gasteiger partial charge in [0, 0.05) is 12.6 Å². The summed E-state index contributed by atoms with van der Waals surface area (Å²) in [4.78, 5) is 0. The van der Waals surface area contributed by atoms with Crippen LogP contribution in [0.25, 0.3) is 0 Å². The minimum Gasteiger partial charge on any atom is -0.491 e. The Kier molecular flexibility index (Phi) is 7.53. The summed E-state index contributed by atoms with van der Waals surface area (Å²) < 4.78 is 11.2. The third-order valence-electron chi connectivity index (χ3n) is 3.13. The Bertz CT molecular complexity index is 352. The van der Waals surface area contributed by atoms with Gasteiger partial charge in [0.25, 0.3) is 0 Å². The van der Waals surface area contributed by atoms with Crippen LogP contribution in [0.4, 0.5) is 0 Å². The summed E-state index contributed by atoms with van der Waals surface area (Å²) in [6.07, 6.45) is 1.11. The maximum absolute atomic E-state index is 5.70. The van der Waals surface area contributed by atoms with Crippen LogP contribution >= 0.6 is 0 Å². The Labute approximate surface area is 117 Å². The lowest BCUT2D eigenvalue weighted by Gasteiger charge is -2.13. The van der Waals surface area contributed by atoms with Gasteiger partial charge in [0.1, 0.15) is 12.4 Å². The zero-order valence-electron chi connectivity index (χ0n) is 12.6. The second-order valence-corrected chi connectivity index (χ2v) is 5.23. The topological polar surface area (TPSA) is 30.5 Å². The summed E-state index contributed by atoms with van der Waals surface area (Å²) in [6, 6.07) is 8.53. The highest BCUT2D eigenvalue weighted by atomic mass is 16.5. The van der Waals surface area contributed by atoms with Crippen molar-refractivity contribution in [3.63, 3.8) is 0 Å². The summed E-state index contributed by atoms with van der Waals surface area (Å²) >= 11 is 0. The van der Waals surface area contributed by atoms with Crippen molar-refractivity contribution in [3.8, 4) is 5.75 Å². The molecular formula is C16H27NO2. The van der Waals surface area contributed by atoms with Gasteiger partial charge in [0.15, 0.2) is 0 Å². The van der Waals surface area contributed by atoms with Crippen molar-refractivity contribution in [2.45, 2.75) is 33.2 Å². The molecule has 1 rings (SSSR count). The second kappa shape index (κ2) is 8.94. The molecule has 0 aliphatic heterocycles. The molecule has 3 heteroatoms. The van der Waals surface area contributed by atoms with E-state index in [4.69, 9.17) is 9.47 Å².